The fourth-order valence-electron chi connectivity index (χ4n) is 4.09. The van der Waals surface area contributed by atoms with Gasteiger partial charge in [-0.05, 0) is 44.2 Å². The third-order valence-corrected chi connectivity index (χ3v) is 5.80. The molecule has 0 unspecified atom stereocenters. The number of piperazine rings is 1. The Kier molecular flexibility index (Phi) is 7.52. The van der Waals surface area contributed by atoms with Crippen LogP contribution in [0.2, 0.25) is 0 Å². The number of ether oxygens (including phenoxy) is 1. The lowest BCUT2D eigenvalue weighted by Crippen LogP contribution is -2.52. The van der Waals surface area contributed by atoms with Crippen LogP contribution in [0.1, 0.15) is 44.6 Å². The van der Waals surface area contributed by atoms with E-state index in [1.807, 2.05) is 18.3 Å². The van der Waals surface area contributed by atoms with E-state index in [-0.39, 0.29) is 0 Å². The van der Waals surface area contributed by atoms with Crippen LogP contribution in [0, 0.1) is 0 Å². The summed E-state index contributed by atoms with van der Waals surface area (Å²) in [4.78, 5) is 22.6. The highest BCUT2D eigenvalue weighted by Crippen LogP contribution is 2.22. The van der Waals surface area contributed by atoms with Crippen molar-refractivity contribution < 1.29 is 4.74 Å². The Morgan fingerprint density at radius 3 is 2.52 bits per heavy atom. The Bertz CT molecular complexity index is 814. The Morgan fingerprint density at radius 2 is 1.84 bits per heavy atom. The number of hydrogen-bond donors (Lipinski definition) is 1. The normalized spacial score (nSPS) is 18.2. The Hall–Kier alpha value is -2.90. The van der Waals surface area contributed by atoms with Gasteiger partial charge in [0.1, 0.15) is 6.10 Å². The fourth-order valence-corrected chi connectivity index (χ4v) is 4.09. The first-order valence-corrected chi connectivity index (χ1v) is 11.5. The highest BCUT2D eigenvalue weighted by atomic mass is 16.5. The SMILES string of the molecule is CCNC(=NCc1ccc(OC2CCCCC2)nc1)N1CCN(c2ncccn2)CC1. The van der Waals surface area contributed by atoms with E-state index in [4.69, 9.17) is 9.73 Å². The molecule has 0 atom stereocenters. The Morgan fingerprint density at radius 1 is 1.06 bits per heavy atom. The van der Waals surface area contributed by atoms with Crippen LogP contribution in [0.3, 0.4) is 0 Å². The molecule has 2 aromatic heterocycles. The first kappa shape index (κ1) is 21.3. The quantitative estimate of drug-likeness (QED) is 0.565. The van der Waals surface area contributed by atoms with Gasteiger partial charge in [0, 0.05) is 57.4 Å². The number of aromatic nitrogens is 3. The van der Waals surface area contributed by atoms with Crippen LogP contribution in [0.15, 0.2) is 41.8 Å². The summed E-state index contributed by atoms with van der Waals surface area (Å²) in [5.41, 5.74) is 1.09. The lowest BCUT2D eigenvalue weighted by Gasteiger charge is -2.36. The second kappa shape index (κ2) is 10.9. The van der Waals surface area contributed by atoms with Gasteiger partial charge in [0.15, 0.2) is 5.96 Å². The summed E-state index contributed by atoms with van der Waals surface area (Å²) in [6, 6.07) is 5.90. The fraction of sp³-hybridized carbons (Fsp3) is 0.565. The molecule has 8 heteroatoms. The van der Waals surface area contributed by atoms with Crippen molar-refractivity contribution in [2.75, 3.05) is 37.6 Å². The van der Waals surface area contributed by atoms with Crippen LogP contribution >= 0.6 is 0 Å². The van der Waals surface area contributed by atoms with Crippen molar-refractivity contribution in [3.63, 3.8) is 0 Å². The second-order valence-electron chi connectivity index (χ2n) is 8.08. The maximum atomic E-state index is 6.03. The lowest BCUT2D eigenvalue weighted by molar-refractivity contribution is 0.148. The number of guanidine groups is 1. The number of pyridine rings is 1. The molecule has 0 spiro atoms. The monoisotopic (exact) mass is 423 g/mol. The molecule has 1 N–H and O–H groups in total. The molecule has 0 amide bonds. The maximum Gasteiger partial charge on any atom is 0.225 e. The first-order chi connectivity index (χ1) is 15.3. The van der Waals surface area contributed by atoms with Crippen LogP contribution < -0.4 is 15.0 Å². The van der Waals surface area contributed by atoms with Gasteiger partial charge in [-0.1, -0.05) is 12.5 Å². The third kappa shape index (κ3) is 6.06. The van der Waals surface area contributed by atoms with Crippen LogP contribution in [-0.4, -0.2) is 64.6 Å². The zero-order valence-corrected chi connectivity index (χ0v) is 18.4. The topological polar surface area (TPSA) is 78.8 Å². The molecular weight excluding hydrogens is 390 g/mol. The van der Waals surface area contributed by atoms with Crippen molar-refractivity contribution in [2.45, 2.75) is 51.7 Å². The van der Waals surface area contributed by atoms with Gasteiger partial charge >= 0.3 is 0 Å². The van der Waals surface area contributed by atoms with Crippen LogP contribution in [0.25, 0.3) is 0 Å². The minimum Gasteiger partial charge on any atom is -0.474 e. The molecule has 1 saturated heterocycles. The first-order valence-electron chi connectivity index (χ1n) is 11.5. The van der Waals surface area contributed by atoms with Gasteiger partial charge < -0.3 is 19.9 Å². The molecule has 31 heavy (non-hydrogen) atoms. The van der Waals surface area contributed by atoms with E-state index in [0.717, 1.165) is 68.9 Å². The van der Waals surface area contributed by atoms with Crippen molar-refractivity contribution in [2.24, 2.45) is 4.99 Å². The molecule has 0 radical (unpaired) electrons. The van der Waals surface area contributed by atoms with Gasteiger partial charge in [0.05, 0.1) is 6.54 Å². The van der Waals surface area contributed by atoms with Crippen LogP contribution in [0.5, 0.6) is 5.88 Å². The van der Waals surface area contributed by atoms with E-state index in [1.54, 1.807) is 12.4 Å². The van der Waals surface area contributed by atoms with E-state index >= 15 is 0 Å². The van der Waals surface area contributed by atoms with Crippen molar-refractivity contribution >= 4 is 11.9 Å². The summed E-state index contributed by atoms with van der Waals surface area (Å²) >= 11 is 0. The highest BCUT2D eigenvalue weighted by Gasteiger charge is 2.21. The molecule has 1 aliphatic heterocycles. The number of anilines is 1. The van der Waals surface area contributed by atoms with Gasteiger partial charge in [0.2, 0.25) is 11.8 Å². The van der Waals surface area contributed by atoms with Crippen LogP contribution in [-0.2, 0) is 6.54 Å². The van der Waals surface area contributed by atoms with E-state index < -0.39 is 0 Å². The van der Waals surface area contributed by atoms with Crippen molar-refractivity contribution in [1.29, 1.82) is 0 Å². The number of aliphatic imine (C=N–C) groups is 1. The smallest absolute Gasteiger partial charge is 0.225 e. The van der Waals surface area contributed by atoms with E-state index in [1.165, 1.54) is 19.3 Å². The number of nitrogens with zero attached hydrogens (tertiary/aromatic N) is 6. The summed E-state index contributed by atoms with van der Waals surface area (Å²) in [5.74, 6) is 2.47. The van der Waals surface area contributed by atoms with E-state index in [0.29, 0.717) is 12.6 Å². The minimum absolute atomic E-state index is 0.324. The zero-order chi connectivity index (χ0) is 21.3. The lowest BCUT2D eigenvalue weighted by atomic mass is 9.98. The predicted molar refractivity (Wildman–Crippen MR) is 122 cm³/mol. The molecular formula is C23H33N7O. The number of rotatable bonds is 6. The van der Waals surface area contributed by atoms with Gasteiger partial charge in [0.25, 0.3) is 0 Å². The van der Waals surface area contributed by atoms with Crippen LogP contribution in [0.4, 0.5) is 5.95 Å². The van der Waals surface area contributed by atoms with Crippen molar-refractivity contribution in [1.82, 2.24) is 25.2 Å². The summed E-state index contributed by atoms with van der Waals surface area (Å²) in [5, 5.41) is 3.42. The molecule has 4 rings (SSSR count). The van der Waals surface area contributed by atoms with Gasteiger partial charge in [-0.25, -0.2) is 19.9 Å². The predicted octanol–water partition coefficient (Wildman–Crippen LogP) is 2.87. The standard InChI is InChI=1S/C23H33N7O/c1-2-24-22(29-13-15-30(16-14-29)23-25-11-6-12-26-23)28-18-19-9-10-21(27-17-19)31-20-7-4-3-5-8-20/h6,9-12,17,20H,2-5,7-8,13-16,18H2,1H3,(H,24,28). The molecule has 0 aromatic carbocycles. The number of hydrogen-bond acceptors (Lipinski definition) is 6. The molecule has 3 heterocycles. The third-order valence-electron chi connectivity index (χ3n) is 5.80. The van der Waals surface area contributed by atoms with Crippen molar-refractivity contribution in [3.8, 4) is 5.88 Å². The second-order valence-corrected chi connectivity index (χ2v) is 8.08. The summed E-state index contributed by atoms with van der Waals surface area (Å²) in [7, 11) is 0. The van der Waals surface area contributed by atoms with Crippen molar-refractivity contribution in [3.05, 3.63) is 42.4 Å². The summed E-state index contributed by atoms with van der Waals surface area (Å²) in [6.45, 7) is 7.07. The molecule has 2 aliphatic rings. The summed E-state index contributed by atoms with van der Waals surface area (Å²) in [6.07, 6.45) is 11.9. The van der Waals surface area contributed by atoms with E-state index in [9.17, 15) is 0 Å². The maximum absolute atomic E-state index is 6.03. The van der Waals surface area contributed by atoms with E-state index in [2.05, 4.69) is 43.1 Å². The molecule has 1 aliphatic carbocycles. The zero-order valence-electron chi connectivity index (χ0n) is 18.4. The molecule has 2 fully saturated rings. The molecule has 0 bridgehead atoms. The largest absolute Gasteiger partial charge is 0.474 e. The molecule has 166 valence electrons. The highest BCUT2D eigenvalue weighted by molar-refractivity contribution is 5.80. The minimum atomic E-state index is 0.324. The van der Waals surface area contributed by atoms with Gasteiger partial charge in [-0.15, -0.1) is 0 Å². The molecule has 2 aromatic rings. The Balaban J connectivity index is 1.31. The van der Waals surface area contributed by atoms with Gasteiger partial charge in [-0.3, -0.25) is 0 Å². The Labute approximate surface area is 184 Å². The average Bonchev–Trinajstić information content (AvgIpc) is 2.84. The molecule has 1 saturated carbocycles. The molecule has 8 nitrogen and oxygen atoms in total. The summed E-state index contributed by atoms with van der Waals surface area (Å²) < 4.78 is 6.03. The average molecular weight is 424 g/mol. The van der Waals surface area contributed by atoms with Gasteiger partial charge in [-0.2, -0.15) is 0 Å². The number of nitrogens with one attached hydrogen (secondary N) is 1.